The highest BCUT2D eigenvalue weighted by Gasteiger charge is 2.12. The van der Waals surface area contributed by atoms with Gasteiger partial charge < -0.3 is 10.8 Å². The predicted octanol–water partition coefficient (Wildman–Crippen LogP) is -0.00680. The molecule has 0 aliphatic rings. The quantitative estimate of drug-likeness (QED) is 0.520. The minimum atomic E-state index is -0.975. The lowest BCUT2D eigenvalue weighted by atomic mass is 10.2. The summed E-state index contributed by atoms with van der Waals surface area (Å²) in [5.41, 5.74) is 4.99. The second-order valence-corrected chi connectivity index (χ2v) is 1.93. The lowest BCUT2D eigenvalue weighted by Crippen LogP contribution is -2.25. The van der Waals surface area contributed by atoms with Gasteiger partial charge >= 0.3 is 5.97 Å². The molecule has 0 aromatic heterocycles. The molecule has 1 unspecified atom stereocenters. The maximum absolute atomic E-state index is 9.97. The molecule has 0 spiro atoms. The number of nitrogens with two attached hydrogens (primary N) is 1. The van der Waals surface area contributed by atoms with E-state index in [2.05, 4.69) is 12.2 Å². The Labute approximate surface area is 52.5 Å². The number of hydrogen-bond donors (Lipinski definition) is 2. The van der Waals surface area contributed by atoms with E-state index in [-0.39, 0.29) is 4.99 Å². The highest BCUT2D eigenvalue weighted by atomic mass is 32.1. The Bertz CT molecular complexity index is 109. The SMILES string of the molecule is CC(C(=O)O)C(N)=S. The van der Waals surface area contributed by atoms with Crippen molar-refractivity contribution >= 4 is 23.2 Å². The monoisotopic (exact) mass is 133 g/mol. The maximum Gasteiger partial charge on any atom is 0.313 e. The van der Waals surface area contributed by atoms with Gasteiger partial charge in [0.1, 0.15) is 5.92 Å². The van der Waals surface area contributed by atoms with Gasteiger partial charge in [0.05, 0.1) is 4.99 Å². The van der Waals surface area contributed by atoms with Crippen molar-refractivity contribution < 1.29 is 9.90 Å². The molecule has 0 saturated carbocycles. The third-order valence-electron chi connectivity index (χ3n) is 0.797. The average molecular weight is 133 g/mol. The third-order valence-corrected chi connectivity index (χ3v) is 1.15. The van der Waals surface area contributed by atoms with Crippen LogP contribution in [0.15, 0.2) is 0 Å². The zero-order chi connectivity index (χ0) is 6.73. The molecule has 0 rings (SSSR count). The number of thiocarbonyl (C=S) groups is 1. The summed E-state index contributed by atoms with van der Waals surface area (Å²) in [4.78, 5) is 10.00. The Kier molecular flexibility index (Phi) is 2.41. The van der Waals surface area contributed by atoms with Gasteiger partial charge in [-0.2, -0.15) is 0 Å². The minimum Gasteiger partial charge on any atom is -0.481 e. The Balaban J connectivity index is 3.83. The number of carboxylic acid groups (broad SMARTS) is 1. The topological polar surface area (TPSA) is 63.3 Å². The van der Waals surface area contributed by atoms with E-state index >= 15 is 0 Å². The largest absolute Gasteiger partial charge is 0.481 e. The van der Waals surface area contributed by atoms with Gasteiger partial charge in [0.25, 0.3) is 0 Å². The fourth-order valence-corrected chi connectivity index (χ4v) is 0.223. The van der Waals surface area contributed by atoms with Crippen LogP contribution in [0.1, 0.15) is 6.92 Å². The van der Waals surface area contributed by atoms with E-state index < -0.39 is 11.9 Å². The van der Waals surface area contributed by atoms with Gasteiger partial charge in [-0.15, -0.1) is 0 Å². The van der Waals surface area contributed by atoms with Crippen LogP contribution >= 0.6 is 12.2 Å². The smallest absolute Gasteiger partial charge is 0.313 e. The molecule has 3 N–H and O–H groups in total. The maximum atomic E-state index is 9.97. The van der Waals surface area contributed by atoms with Crippen LogP contribution in [0.4, 0.5) is 0 Å². The summed E-state index contributed by atoms with van der Waals surface area (Å²) < 4.78 is 0. The normalized spacial score (nSPS) is 12.6. The van der Waals surface area contributed by atoms with E-state index in [1.54, 1.807) is 0 Å². The average Bonchev–Trinajstić information content (AvgIpc) is 1.64. The fraction of sp³-hybridized carbons (Fsp3) is 0.500. The van der Waals surface area contributed by atoms with Crippen molar-refractivity contribution in [1.82, 2.24) is 0 Å². The van der Waals surface area contributed by atoms with Crippen molar-refractivity contribution in [1.29, 1.82) is 0 Å². The van der Waals surface area contributed by atoms with Crippen LogP contribution in [0.3, 0.4) is 0 Å². The van der Waals surface area contributed by atoms with Crippen molar-refractivity contribution in [2.75, 3.05) is 0 Å². The molecule has 0 aromatic rings. The number of aliphatic carboxylic acids is 1. The van der Waals surface area contributed by atoms with Crippen molar-refractivity contribution in [3.05, 3.63) is 0 Å². The molecule has 0 aromatic carbocycles. The van der Waals surface area contributed by atoms with Crippen molar-refractivity contribution in [2.45, 2.75) is 6.92 Å². The number of carboxylic acids is 1. The van der Waals surface area contributed by atoms with E-state index in [1.807, 2.05) is 0 Å². The van der Waals surface area contributed by atoms with Crippen LogP contribution in [0.2, 0.25) is 0 Å². The van der Waals surface area contributed by atoms with E-state index in [0.717, 1.165) is 0 Å². The zero-order valence-electron chi connectivity index (χ0n) is 4.42. The highest BCUT2D eigenvalue weighted by Crippen LogP contribution is 1.92. The highest BCUT2D eigenvalue weighted by molar-refractivity contribution is 7.80. The van der Waals surface area contributed by atoms with E-state index in [0.29, 0.717) is 0 Å². The van der Waals surface area contributed by atoms with Crippen LogP contribution < -0.4 is 5.73 Å². The summed E-state index contributed by atoms with van der Waals surface area (Å²) in [6.07, 6.45) is 0. The van der Waals surface area contributed by atoms with Crippen molar-refractivity contribution in [3.8, 4) is 0 Å². The molecule has 4 heteroatoms. The first kappa shape index (κ1) is 7.36. The van der Waals surface area contributed by atoms with Gasteiger partial charge in [-0.05, 0) is 6.92 Å². The number of hydrogen-bond acceptors (Lipinski definition) is 2. The molecule has 3 nitrogen and oxygen atoms in total. The molecule has 0 fully saturated rings. The van der Waals surface area contributed by atoms with Gasteiger partial charge in [0, 0.05) is 0 Å². The van der Waals surface area contributed by atoms with Crippen molar-refractivity contribution in [3.63, 3.8) is 0 Å². The van der Waals surface area contributed by atoms with Crippen LogP contribution in [0.5, 0.6) is 0 Å². The first-order valence-corrected chi connectivity index (χ1v) is 2.48. The molecule has 46 valence electrons. The van der Waals surface area contributed by atoms with Crippen LogP contribution in [-0.4, -0.2) is 16.1 Å². The van der Waals surface area contributed by atoms with Gasteiger partial charge in [-0.1, -0.05) is 12.2 Å². The molecule has 0 saturated heterocycles. The standard InChI is InChI=1S/C4H7NO2S/c1-2(3(5)8)4(6)7/h2H,1H3,(H2,5,8)(H,6,7). The number of carbonyl (C=O) groups is 1. The number of rotatable bonds is 2. The lowest BCUT2D eigenvalue weighted by Gasteiger charge is -1.99. The van der Waals surface area contributed by atoms with Gasteiger partial charge in [0.2, 0.25) is 0 Å². The molecular weight excluding hydrogens is 126 g/mol. The fourth-order valence-electron chi connectivity index (χ4n) is 0.122. The lowest BCUT2D eigenvalue weighted by molar-refractivity contribution is -0.138. The second kappa shape index (κ2) is 2.61. The predicted molar refractivity (Wildman–Crippen MR) is 33.6 cm³/mol. The molecule has 1 atom stereocenters. The summed E-state index contributed by atoms with van der Waals surface area (Å²) in [6.45, 7) is 1.45. The van der Waals surface area contributed by atoms with Crippen LogP contribution in [0.25, 0.3) is 0 Å². The van der Waals surface area contributed by atoms with Crippen LogP contribution in [0, 0.1) is 5.92 Å². The minimum absolute atomic E-state index is 0.0255. The zero-order valence-corrected chi connectivity index (χ0v) is 5.23. The van der Waals surface area contributed by atoms with E-state index in [9.17, 15) is 4.79 Å². The molecule has 0 aliphatic heterocycles. The Morgan fingerprint density at radius 3 is 2.25 bits per heavy atom. The molecule has 0 radical (unpaired) electrons. The summed E-state index contributed by atoms with van der Waals surface area (Å²) >= 11 is 4.39. The molecular formula is C4H7NO2S. The van der Waals surface area contributed by atoms with E-state index in [1.165, 1.54) is 6.92 Å². The summed E-state index contributed by atoms with van der Waals surface area (Å²) in [5, 5.41) is 8.18. The van der Waals surface area contributed by atoms with Gasteiger partial charge in [-0.3, -0.25) is 4.79 Å². The first-order chi connectivity index (χ1) is 3.55. The summed E-state index contributed by atoms with van der Waals surface area (Å²) in [5.74, 6) is -1.68. The molecule has 0 amide bonds. The second-order valence-electron chi connectivity index (χ2n) is 1.46. The van der Waals surface area contributed by atoms with E-state index in [4.69, 9.17) is 10.8 Å². The summed E-state index contributed by atoms with van der Waals surface area (Å²) in [6, 6.07) is 0. The van der Waals surface area contributed by atoms with Gasteiger partial charge in [0.15, 0.2) is 0 Å². The summed E-state index contributed by atoms with van der Waals surface area (Å²) in [7, 11) is 0. The molecule has 8 heavy (non-hydrogen) atoms. The Morgan fingerprint density at radius 2 is 2.25 bits per heavy atom. The third kappa shape index (κ3) is 1.88. The molecule has 0 heterocycles. The Morgan fingerprint density at radius 1 is 1.88 bits per heavy atom. The molecule has 0 aliphatic carbocycles. The first-order valence-electron chi connectivity index (χ1n) is 2.08. The van der Waals surface area contributed by atoms with Crippen molar-refractivity contribution in [2.24, 2.45) is 11.7 Å². The molecule has 0 bridgehead atoms. The van der Waals surface area contributed by atoms with Crippen LogP contribution in [-0.2, 0) is 4.79 Å². The Hall–Kier alpha value is -0.640. The van der Waals surface area contributed by atoms with Gasteiger partial charge in [-0.25, -0.2) is 0 Å².